The van der Waals surface area contributed by atoms with Gasteiger partial charge in [0.1, 0.15) is 0 Å². The Hall–Kier alpha value is -0.830. The van der Waals surface area contributed by atoms with Crippen molar-refractivity contribution in [3.63, 3.8) is 0 Å². The normalized spacial score (nSPS) is 23.1. The molecule has 1 unspecified atom stereocenters. The molecule has 1 saturated heterocycles. The molecule has 1 heterocycles. The second-order valence-electron chi connectivity index (χ2n) is 3.46. The lowest BCUT2D eigenvalue weighted by molar-refractivity contribution is -0.128. The van der Waals surface area contributed by atoms with Crippen LogP contribution in [0.1, 0.15) is 20.3 Å². The van der Waals surface area contributed by atoms with Crippen molar-refractivity contribution >= 4 is 5.91 Å². The van der Waals surface area contributed by atoms with Crippen molar-refractivity contribution < 1.29 is 4.79 Å². The number of amides is 1. The first kappa shape index (κ1) is 9.26. The zero-order valence-corrected chi connectivity index (χ0v) is 7.71. The number of allylic oxidation sites excluding steroid dienone is 1. The van der Waals surface area contributed by atoms with E-state index < -0.39 is 0 Å². The first-order chi connectivity index (χ1) is 5.61. The monoisotopic (exact) mass is 168 g/mol. The Labute approximate surface area is 73.2 Å². The number of carbonyl (C=O) groups is 1. The van der Waals surface area contributed by atoms with Crippen LogP contribution in [0.3, 0.4) is 0 Å². The van der Waals surface area contributed by atoms with Gasteiger partial charge < -0.3 is 10.6 Å². The van der Waals surface area contributed by atoms with E-state index in [0.717, 1.165) is 19.5 Å². The smallest absolute Gasteiger partial charge is 0.239 e. The van der Waals surface area contributed by atoms with Crippen molar-refractivity contribution in [2.45, 2.75) is 26.3 Å². The van der Waals surface area contributed by atoms with E-state index >= 15 is 0 Å². The molecule has 1 aliphatic rings. The molecule has 1 rings (SSSR count). The Kier molecular flexibility index (Phi) is 2.87. The van der Waals surface area contributed by atoms with Gasteiger partial charge in [0, 0.05) is 13.1 Å². The molecule has 2 N–H and O–H groups in total. The van der Waals surface area contributed by atoms with Crippen molar-refractivity contribution in [3.8, 4) is 0 Å². The SMILES string of the molecule is CC(C)=CCN1CCC(N)C1=O. The second-order valence-corrected chi connectivity index (χ2v) is 3.46. The van der Waals surface area contributed by atoms with Crippen LogP contribution in [0.15, 0.2) is 11.6 Å². The zero-order chi connectivity index (χ0) is 9.14. The first-order valence-corrected chi connectivity index (χ1v) is 4.29. The van der Waals surface area contributed by atoms with Crippen molar-refractivity contribution in [2.24, 2.45) is 5.73 Å². The number of nitrogens with zero attached hydrogens (tertiary/aromatic N) is 1. The summed E-state index contributed by atoms with van der Waals surface area (Å²) in [6.45, 7) is 5.58. The van der Waals surface area contributed by atoms with Crippen molar-refractivity contribution in [1.29, 1.82) is 0 Å². The van der Waals surface area contributed by atoms with Gasteiger partial charge in [-0.3, -0.25) is 4.79 Å². The highest BCUT2D eigenvalue weighted by Gasteiger charge is 2.27. The maximum Gasteiger partial charge on any atom is 0.239 e. The van der Waals surface area contributed by atoms with E-state index in [0.29, 0.717) is 0 Å². The summed E-state index contributed by atoms with van der Waals surface area (Å²) in [5.41, 5.74) is 6.80. The predicted molar refractivity (Wildman–Crippen MR) is 48.6 cm³/mol. The summed E-state index contributed by atoms with van der Waals surface area (Å²) in [7, 11) is 0. The van der Waals surface area contributed by atoms with E-state index in [1.54, 1.807) is 4.90 Å². The van der Waals surface area contributed by atoms with E-state index in [-0.39, 0.29) is 11.9 Å². The molecular weight excluding hydrogens is 152 g/mol. The third-order valence-corrected chi connectivity index (χ3v) is 2.06. The summed E-state index contributed by atoms with van der Waals surface area (Å²) < 4.78 is 0. The second kappa shape index (κ2) is 3.72. The van der Waals surface area contributed by atoms with Crippen LogP contribution < -0.4 is 5.73 Å². The van der Waals surface area contributed by atoms with Crippen molar-refractivity contribution in [2.75, 3.05) is 13.1 Å². The van der Waals surface area contributed by atoms with Gasteiger partial charge in [-0.25, -0.2) is 0 Å². The third-order valence-electron chi connectivity index (χ3n) is 2.06. The average Bonchev–Trinajstić information content (AvgIpc) is 2.30. The van der Waals surface area contributed by atoms with Crippen LogP contribution in [0.4, 0.5) is 0 Å². The lowest BCUT2D eigenvalue weighted by Crippen LogP contribution is -2.34. The van der Waals surface area contributed by atoms with Crippen molar-refractivity contribution in [3.05, 3.63) is 11.6 Å². The molecule has 1 aliphatic heterocycles. The van der Waals surface area contributed by atoms with Crippen LogP contribution in [0.25, 0.3) is 0 Å². The fourth-order valence-corrected chi connectivity index (χ4v) is 1.24. The third kappa shape index (κ3) is 2.08. The van der Waals surface area contributed by atoms with Gasteiger partial charge in [0.25, 0.3) is 0 Å². The van der Waals surface area contributed by atoms with Gasteiger partial charge in [-0.15, -0.1) is 0 Å². The molecular formula is C9H16N2O. The summed E-state index contributed by atoms with van der Waals surface area (Å²) >= 11 is 0. The first-order valence-electron chi connectivity index (χ1n) is 4.29. The molecule has 0 aliphatic carbocycles. The summed E-state index contributed by atoms with van der Waals surface area (Å²) in [5.74, 6) is 0.0903. The van der Waals surface area contributed by atoms with Gasteiger partial charge in [-0.2, -0.15) is 0 Å². The Morgan fingerprint density at radius 2 is 2.42 bits per heavy atom. The number of likely N-dealkylation sites (tertiary alicyclic amines) is 1. The molecule has 0 saturated carbocycles. The van der Waals surface area contributed by atoms with Gasteiger partial charge in [0.2, 0.25) is 5.91 Å². The average molecular weight is 168 g/mol. The van der Waals surface area contributed by atoms with E-state index in [4.69, 9.17) is 5.73 Å². The van der Waals surface area contributed by atoms with Gasteiger partial charge in [-0.1, -0.05) is 11.6 Å². The van der Waals surface area contributed by atoms with E-state index in [1.165, 1.54) is 5.57 Å². The Balaban J connectivity index is 2.45. The number of nitrogens with two attached hydrogens (primary N) is 1. The molecule has 0 radical (unpaired) electrons. The van der Waals surface area contributed by atoms with Gasteiger partial charge in [0.05, 0.1) is 6.04 Å². The minimum atomic E-state index is -0.254. The van der Waals surface area contributed by atoms with Crippen LogP contribution in [0, 0.1) is 0 Å². The van der Waals surface area contributed by atoms with E-state index in [9.17, 15) is 4.79 Å². The lowest BCUT2D eigenvalue weighted by atomic mass is 10.3. The van der Waals surface area contributed by atoms with Crippen LogP contribution in [-0.4, -0.2) is 29.9 Å². The van der Waals surface area contributed by atoms with Crippen molar-refractivity contribution in [1.82, 2.24) is 4.90 Å². The Morgan fingerprint density at radius 3 is 2.83 bits per heavy atom. The van der Waals surface area contributed by atoms with Gasteiger partial charge >= 0.3 is 0 Å². The number of carbonyl (C=O) groups excluding carboxylic acids is 1. The number of hydrogen-bond acceptors (Lipinski definition) is 2. The fourth-order valence-electron chi connectivity index (χ4n) is 1.24. The summed E-state index contributed by atoms with van der Waals surface area (Å²) in [6.07, 6.45) is 2.85. The van der Waals surface area contributed by atoms with E-state index in [2.05, 4.69) is 6.08 Å². The minimum Gasteiger partial charge on any atom is -0.338 e. The lowest BCUT2D eigenvalue weighted by Gasteiger charge is -2.13. The summed E-state index contributed by atoms with van der Waals surface area (Å²) in [4.78, 5) is 13.1. The zero-order valence-electron chi connectivity index (χ0n) is 7.71. The Morgan fingerprint density at radius 1 is 1.75 bits per heavy atom. The minimum absolute atomic E-state index is 0.0903. The predicted octanol–water partition coefficient (Wildman–Crippen LogP) is 0.512. The highest BCUT2D eigenvalue weighted by atomic mass is 16.2. The molecule has 1 amide bonds. The number of hydrogen-bond donors (Lipinski definition) is 1. The maximum absolute atomic E-state index is 11.3. The quantitative estimate of drug-likeness (QED) is 0.611. The van der Waals surface area contributed by atoms with Crippen LogP contribution in [0.5, 0.6) is 0 Å². The molecule has 1 fully saturated rings. The molecule has 0 aromatic heterocycles. The molecule has 0 spiro atoms. The number of rotatable bonds is 2. The summed E-state index contributed by atoms with van der Waals surface area (Å²) in [6, 6.07) is -0.254. The van der Waals surface area contributed by atoms with E-state index in [1.807, 2.05) is 13.8 Å². The highest BCUT2D eigenvalue weighted by molar-refractivity contribution is 5.83. The molecule has 0 bridgehead atoms. The topological polar surface area (TPSA) is 46.3 Å². The molecule has 1 atom stereocenters. The Bertz CT molecular complexity index is 207. The molecule has 68 valence electrons. The highest BCUT2D eigenvalue weighted by Crippen LogP contribution is 2.08. The molecule has 12 heavy (non-hydrogen) atoms. The summed E-state index contributed by atoms with van der Waals surface area (Å²) in [5, 5.41) is 0. The molecule has 0 aromatic carbocycles. The van der Waals surface area contributed by atoms with Crippen LogP contribution in [-0.2, 0) is 4.79 Å². The largest absolute Gasteiger partial charge is 0.338 e. The van der Waals surface area contributed by atoms with Crippen LogP contribution in [0.2, 0.25) is 0 Å². The maximum atomic E-state index is 11.3. The fraction of sp³-hybridized carbons (Fsp3) is 0.667. The standard InChI is InChI=1S/C9H16N2O/c1-7(2)3-5-11-6-4-8(10)9(11)12/h3,8H,4-6,10H2,1-2H3. The van der Waals surface area contributed by atoms with Crippen LogP contribution >= 0.6 is 0 Å². The molecule has 3 nitrogen and oxygen atoms in total. The molecule has 3 heteroatoms. The van der Waals surface area contributed by atoms with Gasteiger partial charge in [-0.05, 0) is 20.3 Å². The molecule has 0 aromatic rings. The van der Waals surface area contributed by atoms with Gasteiger partial charge in [0.15, 0.2) is 0 Å².